The Kier molecular flexibility index (Phi) is 5.32. The van der Waals surface area contributed by atoms with E-state index in [1.165, 1.54) is 19.2 Å². The molecule has 1 aliphatic rings. The van der Waals surface area contributed by atoms with Crippen molar-refractivity contribution in [1.82, 2.24) is 4.90 Å². The van der Waals surface area contributed by atoms with Crippen LogP contribution in [0.25, 0.3) is 6.08 Å². The molecule has 0 saturated carbocycles. The highest BCUT2D eigenvalue weighted by molar-refractivity contribution is 6.16. The zero-order chi connectivity index (χ0) is 17.0. The Morgan fingerprint density at radius 3 is 2.52 bits per heavy atom. The Morgan fingerprint density at radius 1 is 1.30 bits per heavy atom. The molecule has 0 saturated heterocycles. The lowest BCUT2D eigenvalue weighted by Gasteiger charge is -2.17. The van der Waals surface area contributed by atoms with Crippen molar-refractivity contribution in [2.24, 2.45) is 0 Å². The molecule has 0 radical (unpaired) electrons. The van der Waals surface area contributed by atoms with Crippen LogP contribution in [-0.4, -0.2) is 30.4 Å². The molecule has 1 aliphatic heterocycles. The number of ether oxygens (including phenoxy) is 1. The maximum absolute atomic E-state index is 13.0. The molecule has 1 amide bonds. The number of amides is 1. The molecule has 0 atom stereocenters. The second kappa shape index (κ2) is 7.22. The highest BCUT2D eigenvalue weighted by Gasteiger charge is 2.36. The molecule has 0 aromatic heterocycles. The summed E-state index contributed by atoms with van der Waals surface area (Å²) in [7, 11) is 1.29. The molecule has 122 valence electrons. The minimum absolute atomic E-state index is 0.222. The number of hydrogen-bond acceptors (Lipinski definition) is 3. The van der Waals surface area contributed by atoms with Crippen molar-refractivity contribution in [1.29, 1.82) is 0 Å². The number of halogens is 1. The summed E-state index contributed by atoms with van der Waals surface area (Å²) in [6.45, 7) is 4.34. The monoisotopic (exact) mass is 317 g/mol. The van der Waals surface area contributed by atoms with Gasteiger partial charge < -0.3 is 9.64 Å². The standard InChI is InChI=1S/C18H20FNO3/c1-4-5-10-20-12(2)16(18(22)23-3)15(17(20)21)11-13-6-8-14(19)9-7-13/h6-9,11H,4-5,10H2,1-3H3/b15-11-. The average Bonchev–Trinajstić information content (AvgIpc) is 2.77. The Labute approximate surface area is 135 Å². The van der Waals surface area contributed by atoms with Crippen molar-refractivity contribution in [3.63, 3.8) is 0 Å². The van der Waals surface area contributed by atoms with Crippen LogP contribution in [0, 0.1) is 5.82 Å². The van der Waals surface area contributed by atoms with E-state index in [0.717, 1.165) is 12.8 Å². The van der Waals surface area contributed by atoms with Gasteiger partial charge in [0, 0.05) is 12.2 Å². The molecule has 0 spiro atoms. The minimum Gasteiger partial charge on any atom is -0.465 e. The van der Waals surface area contributed by atoms with Gasteiger partial charge in [-0.15, -0.1) is 0 Å². The summed E-state index contributed by atoms with van der Waals surface area (Å²) in [6, 6.07) is 5.76. The molecular weight excluding hydrogens is 297 g/mol. The van der Waals surface area contributed by atoms with Crippen LogP contribution in [0.1, 0.15) is 32.3 Å². The number of methoxy groups -OCH3 is 1. The summed E-state index contributed by atoms with van der Waals surface area (Å²) in [6.07, 6.45) is 3.40. The zero-order valence-corrected chi connectivity index (χ0v) is 13.6. The number of nitrogens with zero attached hydrogens (tertiary/aromatic N) is 1. The first-order valence-electron chi connectivity index (χ1n) is 7.58. The van der Waals surface area contributed by atoms with Crippen molar-refractivity contribution >= 4 is 18.0 Å². The largest absolute Gasteiger partial charge is 0.465 e. The molecular formula is C18H20FNO3. The molecule has 2 rings (SSSR count). The average molecular weight is 317 g/mol. The third-order valence-corrected chi connectivity index (χ3v) is 3.82. The Morgan fingerprint density at radius 2 is 1.96 bits per heavy atom. The van der Waals surface area contributed by atoms with E-state index in [-0.39, 0.29) is 22.9 Å². The molecule has 1 heterocycles. The zero-order valence-electron chi connectivity index (χ0n) is 13.6. The van der Waals surface area contributed by atoms with Crippen molar-refractivity contribution in [2.45, 2.75) is 26.7 Å². The molecule has 4 nitrogen and oxygen atoms in total. The fraction of sp³-hybridized carbons (Fsp3) is 0.333. The van der Waals surface area contributed by atoms with Crippen LogP contribution in [0.15, 0.2) is 41.1 Å². The number of esters is 1. The number of rotatable bonds is 5. The fourth-order valence-electron chi connectivity index (χ4n) is 2.54. The topological polar surface area (TPSA) is 46.6 Å². The lowest BCUT2D eigenvalue weighted by atomic mass is 10.0. The van der Waals surface area contributed by atoms with Crippen LogP contribution in [0.4, 0.5) is 4.39 Å². The molecule has 0 bridgehead atoms. The summed E-state index contributed by atoms with van der Waals surface area (Å²) >= 11 is 0. The molecule has 1 aromatic carbocycles. The van der Waals surface area contributed by atoms with E-state index in [0.29, 0.717) is 17.8 Å². The first-order chi connectivity index (χ1) is 11.0. The van der Waals surface area contributed by atoms with Gasteiger partial charge in [-0.05, 0) is 37.1 Å². The molecule has 23 heavy (non-hydrogen) atoms. The van der Waals surface area contributed by atoms with E-state index in [9.17, 15) is 14.0 Å². The Balaban J connectivity index is 2.45. The van der Waals surface area contributed by atoms with Crippen LogP contribution in [-0.2, 0) is 14.3 Å². The SMILES string of the molecule is CCCCN1C(=O)/C(=C\c2ccc(F)cc2)C(C(=O)OC)=C1C. The molecule has 0 fully saturated rings. The molecule has 1 aromatic rings. The fourth-order valence-corrected chi connectivity index (χ4v) is 2.54. The quantitative estimate of drug-likeness (QED) is 0.618. The first-order valence-corrected chi connectivity index (χ1v) is 7.58. The van der Waals surface area contributed by atoms with Crippen LogP contribution < -0.4 is 0 Å². The Bertz CT molecular complexity index is 674. The maximum atomic E-state index is 13.0. The van der Waals surface area contributed by atoms with E-state index in [1.807, 2.05) is 6.92 Å². The summed E-state index contributed by atoms with van der Waals surface area (Å²) < 4.78 is 17.8. The van der Waals surface area contributed by atoms with Crippen LogP contribution in [0.5, 0.6) is 0 Å². The molecule has 0 unspecified atom stereocenters. The van der Waals surface area contributed by atoms with Crippen LogP contribution in [0.3, 0.4) is 0 Å². The predicted molar refractivity (Wildman–Crippen MR) is 85.7 cm³/mol. The second-order valence-corrected chi connectivity index (χ2v) is 5.37. The summed E-state index contributed by atoms with van der Waals surface area (Å²) in [5.74, 6) is -1.11. The Hall–Kier alpha value is -2.43. The highest BCUT2D eigenvalue weighted by Crippen LogP contribution is 2.31. The molecule has 5 heteroatoms. The molecule has 0 aliphatic carbocycles. The van der Waals surface area contributed by atoms with Gasteiger partial charge in [-0.25, -0.2) is 9.18 Å². The molecule has 0 N–H and O–H groups in total. The lowest BCUT2D eigenvalue weighted by Crippen LogP contribution is -2.26. The van der Waals surface area contributed by atoms with Crippen LogP contribution >= 0.6 is 0 Å². The summed E-state index contributed by atoms with van der Waals surface area (Å²) in [5.41, 5.74) is 1.82. The van der Waals surface area contributed by atoms with Crippen molar-refractivity contribution < 1.29 is 18.7 Å². The van der Waals surface area contributed by atoms with Gasteiger partial charge >= 0.3 is 5.97 Å². The maximum Gasteiger partial charge on any atom is 0.340 e. The van der Waals surface area contributed by atoms with Crippen molar-refractivity contribution in [3.05, 3.63) is 52.5 Å². The number of unbranched alkanes of at least 4 members (excludes halogenated alkanes) is 1. The van der Waals surface area contributed by atoms with Gasteiger partial charge in [0.1, 0.15) is 5.82 Å². The number of carbonyl (C=O) groups excluding carboxylic acids is 2. The van der Waals surface area contributed by atoms with Crippen molar-refractivity contribution in [2.75, 3.05) is 13.7 Å². The van der Waals surface area contributed by atoms with Crippen molar-refractivity contribution in [3.8, 4) is 0 Å². The predicted octanol–water partition coefficient (Wildman–Crippen LogP) is 3.30. The summed E-state index contributed by atoms with van der Waals surface area (Å²) in [4.78, 5) is 26.3. The second-order valence-electron chi connectivity index (χ2n) is 5.37. The van der Waals surface area contributed by atoms with Gasteiger partial charge in [0.15, 0.2) is 0 Å². The first kappa shape index (κ1) is 16.9. The normalized spacial score (nSPS) is 16.4. The van der Waals surface area contributed by atoms with E-state index in [1.54, 1.807) is 30.0 Å². The van der Waals surface area contributed by atoms with Crippen LogP contribution in [0.2, 0.25) is 0 Å². The third-order valence-electron chi connectivity index (χ3n) is 3.82. The van der Waals surface area contributed by atoms with Gasteiger partial charge in [0.2, 0.25) is 0 Å². The smallest absolute Gasteiger partial charge is 0.340 e. The van der Waals surface area contributed by atoms with E-state index >= 15 is 0 Å². The number of hydrogen-bond donors (Lipinski definition) is 0. The van der Waals surface area contributed by atoms with Gasteiger partial charge in [0.05, 0.1) is 18.3 Å². The number of benzene rings is 1. The van der Waals surface area contributed by atoms with Gasteiger partial charge in [0.25, 0.3) is 5.91 Å². The van der Waals surface area contributed by atoms with E-state index in [2.05, 4.69) is 0 Å². The van der Waals surface area contributed by atoms with E-state index < -0.39 is 5.97 Å². The highest BCUT2D eigenvalue weighted by atomic mass is 19.1. The third kappa shape index (κ3) is 3.50. The lowest BCUT2D eigenvalue weighted by molar-refractivity contribution is -0.136. The number of carbonyl (C=O) groups is 2. The number of allylic oxidation sites excluding steroid dienone is 1. The van der Waals surface area contributed by atoms with Gasteiger partial charge in [-0.3, -0.25) is 4.79 Å². The summed E-state index contributed by atoms with van der Waals surface area (Å²) in [5, 5.41) is 0. The minimum atomic E-state index is -0.539. The van der Waals surface area contributed by atoms with Gasteiger partial charge in [-0.2, -0.15) is 0 Å². The van der Waals surface area contributed by atoms with E-state index in [4.69, 9.17) is 4.74 Å². The van der Waals surface area contributed by atoms with Gasteiger partial charge in [-0.1, -0.05) is 25.5 Å².